The fourth-order valence-electron chi connectivity index (χ4n) is 9.49. The number of aliphatic imine (C=N–C) groups is 2. The summed E-state index contributed by atoms with van der Waals surface area (Å²) in [6.45, 7) is 8.78. The molecule has 0 unspecified atom stereocenters. The molecule has 0 bridgehead atoms. The van der Waals surface area contributed by atoms with Crippen LogP contribution in [0, 0.1) is 17.8 Å². The molecule has 0 radical (unpaired) electrons. The van der Waals surface area contributed by atoms with Crippen LogP contribution in [-0.2, 0) is 27.4 Å². The first kappa shape index (κ1) is 36.5. The third-order valence-electron chi connectivity index (χ3n) is 12.9. The van der Waals surface area contributed by atoms with E-state index in [4.69, 9.17) is 25.2 Å². The van der Waals surface area contributed by atoms with Crippen molar-refractivity contribution in [2.24, 2.45) is 33.5 Å². The quantitative estimate of drug-likeness (QED) is 0.186. The molecule has 2 N–H and O–H groups in total. The summed E-state index contributed by atoms with van der Waals surface area (Å²) >= 11 is 0. The summed E-state index contributed by atoms with van der Waals surface area (Å²) in [5.74, 6) is 1.59. The summed E-state index contributed by atoms with van der Waals surface area (Å²) in [5, 5.41) is 2.27. The summed E-state index contributed by atoms with van der Waals surface area (Å²) in [7, 11) is 1.71. The minimum Gasteiger partial charge on any atom is -0.488 e. The molecule has 2 saturated heterocycles. The molecule has 9 heteroatoms. The van der Waals surface area contributed by atoms with Crippen molar-refractivity contribution in [1.29, 1.82) is 0 Å². The van der Waals surface area contributed by atoms with Crippen molar-refractivity contribution >= 4 is 45.3 Å². The SMILES string of the molecule is COC[C@H]1C[C@@H](C2=Nc3ccc4cc5c(cc4c3C2)OCc2cc(C3=CN=C([C@@H]4CCCN4C(=O)[C@@H](C)C(C)C)C3)ccc2-5)N(C(=O)[C@H](N)c2ccccc2)C1. The number of rotatable bonds is 9. The molecular weight excluding hydrogens is 699 g/mol. The van der Waals surface area contributed by atoms with Gasteiger partial charge in [0.15, 0.2) is 0 Å². The Morgan fingerprint density at radius 3 is 2.57 bits per heavy atom. The molecule has 5 aliphatic rings. The predicted molar refractivity (Wildman–Crippen MR) is 222 cm³/mol. The molecule has 0 spiro atoms. The van der Waals surface area contributed by atoms with Crippen LogP contribution in [0.5, 0.6) is 5.75 Å². The fraction of sp³-hybridized carbons (Fsp3) is 0.404. The van der Waals surface area contributed by atoms with E-state index in [-0.39, 0.29) is 35.7 Å². The van der Waals surface area contributed by atoms with Gasteiger partial charge in [0.1, 0.15) is 18.4 Å². The van der Waals surface area contributed by atoms with Gasteiger partial charge in [-0.25, -0.2) is 0 Å². The van der Waals surface area contributed by atoms with Gasteiger partial charge in [-0.1, -0.05) is 69.3 Å². The predicted octanol–water partition coefficient (Wildman–Crippen LogP) is 8.06. The Morgan fingerprint density at radius 2 is 1.77 bits per heavy atom. The number of amides is 2. The Hall–Kier alpha value is -5.12. The Labute approximate surface area is 329 Å². The van der Waals surface area contributed by atoms with Gasteiger partial charge in [-0.2, -0.15) is 0 Å². The summed E-state index contributed by atoms with van der Waals surface area (Å²) in [5.41, 5.74) is 17.4. The van der Waals surface area contributed by atoms with Crippen molar-refractivity contribution in [2.45, 2.75) is 77.6 Å². The average molecular weight is 750 g/mol. The second-order valence-electron chi connectivity index (χ2n) is 16.7. The third kappa shape index (κ3) is 6.44. The van der Waals surface area contributed by atoms with Crippen LogP contribution < -0.4 is 10.5 Å². The van der Waals surface area contributed by atoms with E-state index in [2.05, 4.69) is 61.2 Å². The average Bonchev–Trinajstić information content (AvgIpc) is 4.05. The van der Waals surface area contributed by atoms with E-state index in [1.54, 1.807) is 7.11 Å². The van der Waals surface area contributed by atoms with Crippen LogP contribution in [0.2, 0.25) is 0 Å². The topological polar surface area (TPSA) is 110 Å². The van der Waals surface area contributed by atoms with E-state index in [1.807, 2.05) is 48.4 Å². The largest absolute Gasteiger partial charge is 0.488 e. The summed E-state index contributed by atoms with van der Waals surface area (Å²) in [6.07, 6.45) is 6.23. The zero-order valence-electron chi connectivity index (χ0n) is 32.8. The van der Waals surface area contributed by atoms with Crippen molar-refractivity contribution in [3.8, 4) is 16.9 Å². The van der Waals surface area contributed by atoms with Gasteiger partial charge in [-0.3, -0.25) is 19.6 Å². The molecule has 9 nitrogen and oxygen atoms in total. The Balaban J connectivity index is 0.930. The lowest BCUT2D eigenvalue weighted by atomic mass is 9.89. The van der Waals surface area contributed by atoms with Crippen LogP contribution in [0.15, 0.2) is 89.0 Å². The van der Waals surface area contributed by atoms with Crippen molar-refractivity contribution in [3.05, 3.63) is 101 Å². The van der Waals surface area contributed by atoms with Crippen LogP contribution in [-0.4, -0.2) is 71.9 Å². The number of nitrogens with two attached hydrogens (primary N) is 1. The van der Waals surface area contributed by atoms with Gasteiger partial charge >= 0.3 is 0 Å². The first-order valence-corrected chi connectivity index (χ1v) is 20.3. The lowest BCUT2D eigenvalue weighted by molar-refractivity contribution is -0.136. The number of hydrogen-bond acceptors (Lipinski definition) is 7. The molecule has 5 aliphatic heterocycles. The van der Waals surface area contributed by atoms with Gasteiger partial charge in [-0.15, -0.1) is 0 Å². The van der Waals surface area contributed by atoms with Gasteiger partial charge in [0.25, 0.3) is 0 Å². The highest BCUT2D eigenvalue weighted by atomic mass is 16.5. The normalized spacial score (nSPS) is 22.3. The van der Waals surface area contributed by atoms with Crippen LogP contribution in [0.1, 0.15) is 74.8 Å². The molecule has 288 valence electrons. The van der Waals surface area contributed by atoms with Crippen molar-refractivity contribution in [1.82, 2.24) is 9.80 Å². The smallest absolute Gasteiger partial charge is 0.244 e. The molecule has 9 rings (SSSR count). The summed E-state index contributed by atoms with van der Waals surface area (Å²) in [6, 6.07) is 24.2. The van der Waals surface area contributed by atoms with Crippen LogP contribution in [0.3, 0.4) is 0 Å². The maximum Gasteiger partial charge on any atom is 0.244 e. The zero-order valence-corrected chi connectivity index (χ0v) is 32.8. The molecule has 5 atom stereocenters. The van der Waals surface area contributed by atoms with Gasteiger partial charge in [0.05, 0.1) is 24.4 Å². The number of ether oxygens (including phenoxy) is 2. The standard InChI is InChI=1S/C47H51N5O4/c1-27(2)28(3)46(53)51-16-8-11-42(51)40-20-33(23-49-40)31-12-14-35-34(18-31)26-56-44-22-36-32(19-38(35)44)13-15-39-37(36)21-41(50-39)43-17-29(25-55-4)24-52(43)47(54)45(48)30-9-6-5-7-10-30/h5-7,9-10,12-15,18-19,22-23,27-29,42-43,45H,8,11,16-17,20-21,24-26,48H2,1-4H3/t28-,29-,42-,43-,45+/m0/s1. The van der Waals surface area contributed by atoms with Gasteiger partial charge < -0.3 is 25.0 Å². The minimum absolute atomic E-state index is 0.0110. The van der Waals surface area contributed by atoms with E-state index in [0.717, 1.165) is 88.1 Å². The van der Waals surface area contributed by atoms with Crippen LogP contribution in [0.25, 0.3) is 27.5 Å². The highest BCUT2D eigenvalue weighted by Gasteiger charge is 2.42. The molecular formula is C47H51N5O4. The maximum atomic E-state index is 13.9. The van der Waals surface area contributed by atoms with E-state index in [1.165, 1.54) is 16.7 Å². The number of nitrogens with zero attached hydrogens (tertiary/aromatic N) is 4. The molecule has 5 heterocycles. The van der Waals surface area contributed by atoms with E-state index in [0.29, 0.717) is 32.1 Å². The van der Waals surface area contributed by atoms with Crippen LogP contribution in [0.4, 0.5) is 5.69 Å². The van der Waals surface area contributed by atoms with E-state index in [9.17, 15) is 9.59 Å². The van der Waals surface area contributed by atoms with Gasteiger partial charge in [0, 0.05) is 68.1 Å². The summed E-state index contributed by atoms with van der Waals surface area (Å²) in [4.78, 5) is 41.3. The fourth-order valence-corrected chi connectivity index (χ4v) is 9.49. The Morgan fingerprint density at radius 1 is 0.929 bits per heavy atom. The third-order valence-corrected chi connectivity index (χ3v) is 12.9. The van der Waals surface area contributed by atoms with Crippen molar-refractivity contribution in [2.75, 3.05) is 26.8 Å². The number of likely N-dealkylation sites (tertiary alicyclic amines) is 2. The number of methoxy groups -OCH3 is 1. The zero-order chi connectivity index (χ0) is 38.7. The molecule has 4 aromatic carbocycles. The number of benzene rings is 4. The van der Waals surface area contributed by atoms with Crippen molar-refractivity contribution < 1.29 is 19.1 Å². The highest BCUT2D eigenvalue weighted by Crippen LogP contribution is 2.45. The first-order valence-electron chi connectivity index (χ1n) is 20.3. The molecule has 2 fully saturated rings. The number of allylic oxidation sites excluding steroid dienone is 1. The minimum atomic E-state index is -0.730. The lowest BCUT2D eigenvalue weighted by Gasteiger charge is -2.29. The number of fused-ring (bicyclic) bond motifs is 6. The van der Waals surface area contributed by atoms with Crippen LogP contribution >= 0.6 is 0 Å². The van der Waals surface area contributed by atoms with E-state index >= 15 is 0 Å². The molecule has 0 saturated carbocycles. The Kier molecular flexibility index (Phi) is 9.62. The molecule has 56 heavy (non-hydrogen) atoms. The molecule has 2 amide bonds. The first-order chi connectivity index (χ1) is 27.2. The Bertz CT molecular complexity index is 2310. The van der Waals surface area contributed by atoms with Gasteiger partial charge in [-0.05, 0) is 93.6 Å². The number of hydrogen-bond donors (Lipinski definition) is 1. The second-order valence-corrected chi connectivity index (χ2v) is 16.7. The maximum absolute atomic E-state index is 13.9. The molecule has 0 aliphatic carbocycles. The monoisotopic (exact) mass is 749 g/mol. The highest BCUT2D eigenvalue weighted by molar-refractivity contribution is 6.07. The number of carbonyl (C=O) groups excluding carboxylic acids is 2. The molecule has 0 aromatic heterocycles. The molecule has 4 aromatic rings. The van der Waals surface area contributed by atoms with Gasteiger partial charge in [0.2, 0.25) is 11.8 Å². The van der Waals surface area contributed by atoms with Crippen molar-refractivity contribution in [3.63, 3.8) is 0 Å². The lowest BCUT2D eigenvalue weighted by Crippen LogP contribution is -2.45. The van der Waals surface area contributed by atoms with E-state index < -0.39 is 6.04 Å². The number of carbonyl (C=O) groups is 2. The summed E-state index contributed by atoms with van der Waals surface area (Å²) < 4.78 is 12.0. The second kappa shape index (κ2) is 14.8.